The predicted octanol–water partition coefficient (Wildman–Crippen LogP) is 3.07. The van der Waals surface area contributed by atoms with Gasteiger partial charge in [-0.05, 0) is 50.7 Å². The summed E-state index contributed by atoms with van der Waals surface area (Å²) < 4.78 is 12.2. The lowest BCUT2D eigenvalue weighted by atomic mass is 9.94. The van der Waals surface area contributed by atoms with Crippen LogP contribution >= 0.6 is 0 Å². The van der Waals surface area contributed by atoms with Crippen LogP contribution in [0.15, 0.2) is 29.3 Å². The molecule has 1 fully saturated rings. The maximum absolute atomic E-state index is 12.2. The molecule has 3 rings (SSSR count). The fourth-order valence-corrected chi connectivity index (χ4v) is 5.91. The van der Waals surface area contributed by atoms with Gasteiger partial charge in [-0.3, -0.25) is 14.1 Å². The third-order valence-electron chi connectivity index (χ3n) is 6.52. The van der Waals surface area contributed by atoms with Crippen LogP contribution in [0.5, 0.6) is 0 Å². The molecule has 2 aliphatic rings. The van der Waals surface area contributed by atoms with Crippen LogP contribution in [0.1, 0.15) is 57.6 Å². The molecule has 162 valence electrons. The van der Waals surface area contributed by atoms with Crippen molar-refractivity contribution in [2.75, 3.05) is 25.9 Å². The number of guanidine groups is 1. The summed E-state index contributed by atoms with van der Waals surface area (Å²) in [7, 11) is 1.14. The number of hydrogen-bond acceptors (Lipinski definition) is 3. The minimum Gasteiger partial charge on any atom is -0.355 e. The summed E-state index contributed by atoms with van der Waals surface area (Å²) in [4.78, 5) is 7.02. The van der Waals surface area contributed by atoms with Crippen molar-refractivity contribution in [3.05, 3.63) is 35.4 Å². The largest absolute Gasteiger partial charge is 0.355 e. The first kappa shape index (κ1) is 22.3. The highest BCUT2D eigenvalue weighted by Crippen LogP contribution is 2.25. The number of nitrogens with zero attached hydrogens (tertiary/aromatic N) is 2. The second kappa shape index (κ2) is 10.1. The Labute approximate surface area is 179 Å². The average Bonchev–Trinajstić information content (AvgIpc) is 2.75. The molecule has 1 heterocycles. The Balaban J connectivity index is 1.53. The van der Waals surface area contributed by atoms with E-state index in [9.17, 15) is 4.21 Å². The second-order valence-corrected chi connectivity index (χ2v) is 11.0. The van der Waals surface area contributed by atoms with E-state index in [1.807, 2.05) is 14.0 Å². The van der Waals surface area contributed by atoms with Crippen molar-refractivity contribution in [3.63, 3.8) is 0 Å². The van der Waals surface area contributed by atoms with E-state index in [2.05, 4.69) is 58.6 Å². The zero-order chi connectivity index (χ0) is 20.9. The molecule has 0 saturated heterocycles. The van der Waals surface area contributed by atoms with E-state index in [1.54, 1.807) is 0 Å². The maximum atomic E-state index is 12.2. The molecule has 29 heavy (non-hydrogen) atoms. The highest BCUT2D eigenvalue weighted by molar-refractivity contribution is 7.85. The molecule has 1 aliphatic carbocycles. The minimum absolute atomic E-state index is 0.0317. The maximum Gasteiger partial charge on any atom is 0.191 e. The van der Waals surface area contributed by atoms with Gasteiger partial charge in [0.15, 0.2) is 5.96 Å². The van der Waals surface area contributed by atoms with Crippen molar-refractivity contribution < 1.29 is 4.21 Å². The Kier molecular flexibility index (Phi) is 7.74. The Bertz CT molecular complexity index is 733. The molecule has 3 unspecified atom stereocenters. The lowest BCUT2D eigenvalue weighted by Crippen LogP contribution is -2.55. The average molecular weight is 419 g/mol. The fourth-order valence-electron chi connectivity index (χ4n) is 4.56. The van der Waals surface area contributed by atoms with Gasteiger partial charge in [-0.15, -0.1) is 0 Å². The highest BCUT2D eigenvalue weighted by atomic mass is 32.2. The molecule has 0 amide bonds. The summed E-state index contributed by atoms with van der Waals surface area (Å²) in [6.07, 6.45) is 5.46. The Hall–Kier alpha value is -1.40. The number of nitrogens with one attached hydrogen (secondary N) is 2. The number of benzene rings is 1. The van der Waals surface area contributed by atoms with Crippen LogP contribution in [-0.4, -0.2) is 57.8 Å². The Morgan fingerprint density at radius 3 is 2.76 bits per heavy atom. The van der Waals surface area contributed by atoms with Crippen molar-refractivity contribution in [3.8, 4) is 0 Å². The molecule has 6 heteroatoms. The molecule has 1 aromatic carbocycles. The van der Waals surface area contributed by atoms with Crippen LogP contribution in [0.3, 0.4) is 0 Å². The molecule has 0 aromatic heterocycles. The van der Waals surface area contributed by atoms with Crippen LogP contribution in [0, 0.1) is 0 Å². The third-order valence-corrected chi connectivity index (χ3v) is 8.26. The molecule has 0 radical (unpaired) electrons. The summed E-state index contributed by atoms with van der Waals surface area (Å²) in [5.41, 5.74) is 2.97. The molecular formula is C23H38N4OS. The third kappa shape index (κ3) is 5.82. The zero-order valence-corrected chi connectivity index (χ0v) is 19.4. The number of fused-ring (bicyclic) bond motifs is 1. The molecule has 2 N–H and O–H groups in total. The summed E-state index contributed by atoms with van der Waals surface area (Å²) in [6.45, 7) is 9.57. The lowest BCUT2D eigenvalue weighted by Gasteiger charge is -2.42. The summed E-state index contributed by atoms with van der Waals surface area (Å²) in [6, 6.07) is 9.16. The molecule has 0 spiro atoms. The van der Waals surface area contributed by atoms with Crippen LogP contribution in [0.25, 0.3) is 0 Å². The monoisotopic (exact) mass is 418 g/mol. The van der Waals surface area contributed by atoms with E-state index in [4.69, 9.17) is 0 Å². The molecule has 1 saturated carbocycles. The zero-order valence-electron chi connectivity index (χ0n) is 18.5. The van der Waals surface area contributed by atoms with Gasteiger partial charge in [0, 0.05) is 60.1 Å². The van der Waals surface area contributed by atoms with Crippen molar-refractivity contribution in [2.45, 2.75) is 76.3 Å². The first-order valence-electron chi connectivity index (χ1n) is 11.1. The van der Waals surface area contributed by atoms with Gasteiger partial charge in [0.05, 0.1) is 0 Å². The Morgan fingerprint density at radius 2 is 2.03 bits per heavy atom. The number of aliphatic imine (C=N–C) groups is 1. The highest BCUT2D eigenvalue weighted by Gasteiger charge is 2.30. The van der Waals surface area contributed by atoms with Gasteiger partial charge >= 0.3 is 0 Å². The second-order valence-electron chi connectivity index (χ2n) is 8.98. The standard InChI is InChI=1S/C23H38N4OS/c1-5-29(28)21-12-8-11-20(15-21)26-22(24-4)25-17-23(2,3)27-14-13-18-9-6-7-10-19(18)16-27/h6-7,9-10,20-21H,5,8,11-17H2,1-4H3,(H2,24,25,26). The fraction of sp³-hybridized carbons (Fsp3) is 0.696. The first-order valence-corrected chi connectivity index (χ1v) is 12.5. The van der Waals surface area contributed by atoms with Crippen molar-refractivity contribution in [1.82, 2.24) is 15.5 Å². The topological polar surface area (TPSA) is 56.7 Å². The van der Waals surface area contributed by atoms with E-state index in [0.717, 1.165) is 63.5 Å². The quantitative estimate of drug-likeness (QED) is 0.551. The van der Waals surface area contributed by atoms with Gasteiger partial charge in [-0.2, -0.15) is 0 Å². The van der Waals surface area contributed by atoms with E-state index in [1.165, 1.54) is 11.1 Å². The van der Waals surface area contributed by atoms with Crippen LogP contribution < -0.4 is 10.6 Å². The predicted molar refractivity (Wildman–Crippen MR) is 124 cm³/mol. The molecular weight excluding hydrogens is 380 g/mol. The number of rotatable bonds is 6. The first-order chi connectivity index (χ1) is 13.9. The molecule has 1 aromatic rings. The summed E-state index contributed by atoms with van der Waals surface area (Å²) in [5.74, 6) is 1.63. The van der Waals surface area contributed by atoms with Crippen LogP contribution in [0.2, 0.25) is 0 Å². The van der Waals surface area contributed by atoms with Gasteiger partial charge in [0.1, 0.15) is 0 Å². The molecule has 0 bridgehead atoms. The molecule has 5 nitrogen and oxygen atoms in total. The normalized spacial score (nSPS) is 24.6. The van der Waals surface area contributed by atoms with Gasteiger partial charge < -0.3 is 10.6 Å². The van der Waals surface area contributed by atoms with Gasteiger partial charge in [-0.1, -0.05) is 37.6 Å². The molecule has 3 atom stereocenters. The minimum atomic E-state index is -0.697. The Morgan fingerprint density at radius 1 is 1.28 bits per heavy atom. The number of hydrogen-bond donors (Lipinski definition) is 2. The summed E-state index contributed by atoms with van der Waals surface area (Å²) in [5, 5.41) is 7.48. The van der Waals surface area contributed by atoms with Gasteiger partial charge in [-0.25, -0.2) is 0 Å². The van der Waals surface area contributed by atoms with Gasteiger partial charge in [0.25, 0.3) is 0 Å². The van der Waals surface area contributed by atoms with Crippen LogP contribution in [-0.2, 0) is 23.8 Å². The SMILES string of the molecule is CCS(=O)C1CCCC(NC(=NC)NCC(C)(C)N2CCc3ccccc3C2)C1. The van der Waals surface area contributed by atoms with Crippen molar-refractivity contribution in [1.29, 1.82) is 0 Å². The summed E-state index contributed by atoms with van der Waals surface area (Å²) >= 11 is 0. The molecule has 1 aliphatic heterocycles. The van der Waals surface area contributed by atoms with Crippen LogP contribution in [0.4, 0.5) is 0 Å². The smallest absolute Gasteiger partial charge is 0.191 e. The van der Waals surface area contributed by atoms with E-state index < -0.39 is 10.8 Å². The van der Waals surface area contributed by atoms with E-state index in [-0.39, 0.29) is 5.54 Å². The van der Waals surface area contributed by atoms with Gasteiger partial charge in [0.2, 0.25) is 0 Å². The van der Waals surface area contributed by atoms with Crippen molar-refractivity contribution >= 4 is 16.8 Å². The lowest BCUT2D eigenvalue weighted by molar-refractivity contribution is 0.107. The van der Waals surface area contributed by atoms with E-state index >= 15 is 0 Å². The van der Waals surface area contributed by atoms with E-state index in [0.29, 0.717) is 11.3 Å². The van der Waals surface area contributed by atoms with Crippen molar-refractivity contribution in [2.24, 2.45) is 4.99 Å².